The van der Waals surface area contributed by atoms with E-state index < -0.39 is 5.60 Å². The van der Waals surface area contributed by atoms with Crippen molar-refractivity contribution in [1.82, 2.24) is 9.78 Å². The molecule has 1 saturated carbocycles. The highest BCUT2D eigenvalue weighted by Crippen LogP contribution is 2.42. The predicted octanol–water partition coefficient (Wildman–Crippen LogP) is 6.73. The summed E-state index contributed by atoms with van der Waals surface area (Å²) in [6.45, 7) is 4.02. The molecule has 0 aliphatic heterocycles. The summed E-state index contributed by atoms with van der Waals surface area (Å²) in [6.07, 6.45) is 8.10. The number of hydrogen-bond donors (Lipinski definition) is 1. The number of rotatable bonds is 4. The molecule has 1 unspecified atom stereocenters. The summed E-state index contributed by atoms with van der Waals surface area (Å²) in [7, 11) is 0. The van der Waals surface area contributed by atoms with Crippen LogP contribution in [0.15, 0.2) is 60.8 Å². The Bertz CT molecular complexity index is 1240. The van der Waals surface area contributed by atoms with Crippen LogP contribution < -0.4 is 0 Å². The van der Waals surface area contributed by atoms with Crippen LogP contribution >= 0.6 is 0 Å². The van der Waals surface area contributed by atoms with E-state index in [1.165, 1.54) is 38.2 Å². The Morgan fingerprint density at radius 2 is 1.74 bits per heavy atom. The summed E-state index contributed by atoms with van der Waals surface area (Å²) in [6, 6.07) is 17.2. The Morgan fingerprint density at radius 1 is 1.00 bits per heavy atom. The van der Waals surface area contributed by atoms with Gasteiger partial charge in [0.1, 0.15) is 11.4 Å². The van der Waals surface area contributed by atoms with Crippen LogP contribution in [-0.2, 0) is 5.60 Å². The number of nitrogens with zero attached hydrogens (tertiary/aromatic N) is 2. The molecule has 3 aromatic carbocycles. The number of benzene rings is 3. The zero-order chi connectivity index (χ0) is 21.6. The van der Waals surface area contributed by atoms with Gasteiger partial charge in [0.25, 0.3) is 0 Å². The summed E-state index contributed by atoms with van der Waals surface area (Å²) in [5.74, 6) is -0.373. The van der Waals surface area contributed by atoms with Crippen LogP contribution in [0, 0.1) is 11.7 Å². The molecule has 3 nitrogen and oxygen atoms in total. The van der Waals surface area contributed by atoms with E-state index in [1.807, 2.05) is 44.3 Å². The summed E-state index contributed by atoms with van der Waals surface area (Å²) in [4.78, 5) is 0. The van der Waals surface area contributed by atoms with Gasteiger partial charge in [-0.2, -0.15) is 5.10 Å². The van der Waals surface area contributed by atoms with Crippen LogP contribution in [0.2, 0.25) is 0 Å². The maximum Gasteiger partial charge on any atom is 0.131 e. The summed E-state index contributed by atoms with van der Waals surface area (Å²) in [5.41, 5.74) is 1.42. The number of aliphatic hydroxyl groups is 1. The minimum absolute atomic E-state index is 0.104. The van der Waals surface area contributed by atoms with Gasteiger partial charge >= 0.3 is 0 Å². The van der Waals surface area contributed by atoms with Crippen molar-refractivity contribution in [2.24, 2.45) is 5.92 Å². The third-order valence-electron chi connectivity index (χ3n) is 7.07. The second-order valence-electron chi connectivity index (χ2n) is 9.22. The van der Waals surface area contributed by atoms with Gasteiger partial charge in [-0.15, -0.1) is 0 Å². The van der Waals surface area contributed by atoms with Crippen LogP contribution in [0.5, 0.6) is 0 Å². The van der Waals surface area contributed by atoms with E-state index in [-0.39, 0.29) is 11.7 Å². The normalized spacial score (nSPS) is 17.5. The highest BCUT2D eigenvalue weighted by atomic mass is 19.1. The molecule has 160 valence electrons. The van der Waals surface area contributed by atoms with Crippen molar-refractivity contribution in [3.05, 3.63) is 77.7 Å². The topological polar surface area (TPSA) is 38.1 Å². The summed E-state index contributed by atoms with van der Waals surface area (Å²) >= 11 is 0. The van der Waals surface area contributed by atoms with Gasteiger partial charge in [-0.05, 0) is 53.5 Å². The van der Waals surface area contributed by atoms with Crippen molar-refractivity contribution in [2.75, 3.05) is 0 Å². The molecule has 1 heterocycles. The van der Waals surface area contributed by atoms with Crippen LogP contribution in [0.3, 0.4) is 0 Å². The Morgan fingerprint density at radius 3 is 2.48 bits per heavy atom. The number of hydrogen-bond acceptors (Lipinski definition) is 2. The molecule has 1 aromatic heterocycles. The SMILES string of the molecule is CC(C)C(O)(c1ccc2c(cnn2C2CCCCC2)c1)c1ccc(F)c2ccccc12. The first-order chi connectivity index (χ1) is 15.0. The van der Waals surface area contributed by atoms with E-state index in [4.69, 9.17) is 5.10 Å². The first-order valence-electron chi connectivity index (χ1n) is 11.4. The maximum atomic E-state index is 14.5. The van der Waals surface area contributed by atoms with Crippen LogP contribution in [0.1, 0.15) is 63.1 Å². The standard InChI is InChI=1S/C27H29FN2O/c1-18(2)27(31,24-13-14-25(28)23-11-7-6-10-22(23)24)20-12-15-26-19(16-20)17-29-30(26)21-8-4-3-5-9-21/h6-7,10-18,21,31H,3-5,8-9H2,1-2H3. The van der Waals surface area contributed by atoms with E-state index >= 15 is 0 Å². The van der Waals surface area contributed by atoms with E-state index in [1.54, 1.807) is 12.1 Å². The molecule has 5 rings (SSSR count). The smallest absolute Gasteiger partial charge is 0.131 e. The Labute approximate surface area is 182 Å². The molecule has 1 N–H and O–H groups in total. The first-order valence-corrected chi connectivity index (χ1v) is 11.4. The molecular weight excluding hydrogens is 387 g/mol. The van der Waals surface area contributed by atoms with E-state index in [0.29, 0.717) is 11.4 Å². The number of fused-ring (bicyclic) bond motifs is 2. The van der Waals surface area contributed by atoms with Crippen molar-refractivity contribution < 1.29 is 9.50 Å². The van der Waals surface area contributed by atoms with Gasteiger partial charge in [0.2, 0.25) is 0 Å². The molecule has 1 aliphatic rings. The maximum absolute atomic E-state index is 14.5. The van der Waals surface area contributed by atoms with Crippen LogP contribution in [0.25, 0.3) is 21.7 Å². The number of halogens is 1. The van der Waals surface area contributed by atoms with Crippen LogP contribution in [0.4, 0.5) is 4.39 Å². The van der Waals surface area contributed by atoms with Gasteiger partial charge in [-0.25, -0.2) is 4.39 Å². The van der Waals surface area contributed by atoms with Gasteiger partial charge in [-0.1, -0.05) is 69.5 Å². The predicted molar refractivity (Wildman–Crippen MR) is 124 cm³/mol. The van der Waals surface area contributed by atoms with E-state index in [2.05, 4.69) is 16.8 Å². The molecule has 4 heteroatoms. The summed E-state index contributed by atoms with van der Waals surface area (Å²) < 4.78 is 16.6. The Balaban J connectivity index is 1.65. The third kappa shape index (κ3) is 3.25. The Hall–Kier alpha value is -2.72. The third-order valence-corrected chi connectivity index (χ3v) is 7.07. The highest BCUT2D eigenvalue weighted by Gasteiger charge is 2.37. The highest BCUT2D eigenvalue weighted by molar-refractivity contribution is 5.88. The largest absolute Gasteiger partial charge is 0.380 e. The fourth-order valence-corrected chi connectivity index (χ4v) is 5.30. The molecule has 1 atom stereocenters. The molecule has 0 amide bonds. The molecule has 1 aliphatic carbocycles. The lowest BCUT2D eigenvalue weighted by Gasteiger charge is -2.34. The van der Waals surface area contributed by atoms with Gasteiger partial charge < -0.3 is 5.11 Å². The van der Waals surface area contributed by atoms with Crippen molar-refractivity contribution in [2.45, 2.75) is 57.6 Å². The monoisotopic (exact) mass is 416 g/mol. The lowest BCUT2D eigenvalue weighted by molar-refractivity contribution is 0.0333. The fraction of sp³-hybridized carbons (Fsp3) is 0.370. The van der Waals surface area contributed by atoms with Gasteiger partial charge in [0, 0.05) is 10.8 Å². The lowest BCUT2D eigenvalue weighted by atomic mass is 9.76. The van der Waals surface area contributed by atoms with Gasteiger partial charge in [0.15, 0.2) is 0 Å². The quantitative estimate of drug-likeness (QED) is 0.401. The average molecular weight is 417 g/mol. The van der Waals surface area contributed by atoms with Gasteiger partial charge in [0.05, 0.1) is 17.8 Å². The molecule has 4 aromatic rings. The van der Waals surface area contributed by atoms with E-state index in [9.17, 15) is 9.50 Å². The van der Waals surface area contributed by atoms with Crippen molar-refractivity contribution >= 4 is 21.7 Å². The average Bonchev–Trinajstić information content (AvgIpc) is 3.23. The minimum Gasteiger partial charge on any atom is -0.380 e. The summed E-state index contributed by atoms with van der Waals surface area (Å²) in [5, 5.41) is 19.1. The van der Waals surface area contributed by atoms with Gasteiger partial charge in [-0.3, -0.25) is 4.68 Å². The molecule has 31 heavy (non-hydrogen) atoms. The number of aromatic nitrogens is 2. The van der Waals surface area contributed by atoms with Crippen molar-refractivity contribution in [3.8, 4) is 0 Å². The second-order valence-corrected chi connectivity index (χ2v) is 9.22. The van der Waals surface area contributed by atoms with Crippen molar-refractivity contribution in [3.63, 3.8) is 0 Å². The fourth-order valence-electron chi connectivity index (χ4n) is 5.30. The zero-order valence-electron chi connectivity index (χ0n) is 18.2. The molecule has 1 fully saturated rings. The zero-order valence-corrected chi connectivity index (χ0v) is 18.2. The molecule has 0 radical (unpaired) electrons. The van der Waals surface area contributed by atoms with Crippen molar-refractivity contribution in [1.29, 1.82) is 0 Å². The lowest BCUT2D eigenvalue weighted by Crippen LogP contribution is -2.33. The molecule has 0 bridgehead atoms. The second kappa shape index (κ2) is 7.76. The molecule has 0 spiro atoms. The molecule has 0 saturated heterocycles. The first kappa shape index (κ1) is 20.2. The Kier molecular flexibility index (Phi) is 5.05. The van der Waals surface area contributed by atoms with E-state index in [0.717, 1.165) is 27.4 Å². The van der Waals surface area contributed by atoms with Crippen LogP contribution in [-0.4, -0.2) is 14.9 Å². The molecular formula is C27H29FN2O. The minimum atomic E-state index is -1.24.